The molecule has 4 N–H and O–H groups in total. The van der Waals surface area contributed by atoms with Crippen LogP contribution in [0.5, 0.6) is 11.5 Å². The van der Waals surface area contributed by atoms with Crippen molar-refractivity contribution < 1.29 is 19.4 Å². The number of aliphatic hydroxyl groups is 1. The molecule has 0 aromatic heterocycles. The van der Waals surface area contributed by atoms with Crippen molar-refractivity contribution in [3.8, 4) is 11.5 Å². The summed E-state index contributed by atoms with van der Waals surface area (Å²) in [5, 5.41) is 12.8. The first-order valence-electron chi connectivity index (χ1n) is 7.33. The van der Waals surface area contributed by atoms with Crippen LogP contribution >= 0.6 is 0 Å². The third kappa shape index (κ3) is 2.90. The number of aliphatic hydroxyl groups excluding tert-OH is 1. The fourth-order valence-corrected chi connectivity index (χ4v) is 2.87. The average molecular weight is 292 g/mol. The minimum atomic E-state index is -0.489. The lowest BCUT2D eigenvalue weighted by atomic mass is 9.92. The minimum absolute atomic E-state index is 0.215. The fraction of sp³-hybridized carbons (Fsp3) is 0.533. The fourth-order valence-electron chi connectivity index (χ4n) is 2.87. The molecule has 1 aromatic carbocycles. The van der Waals surface area contributed by atoms with E-state index in [-0.39, 0.29) is 11.9 Å². The molecule has 2 aliphatic rings. The number of nitrogens with one attached hydrogen (secondary N) is 1. The average Bonchev–Trinajstić information content (AvgIpc) is 2.48. The molecule has 0 unspecified atom stereocenters. The number of ether oxygens (including phenoxy) is 2. The van der Waals surface area contributed by atoms with Crippen molar-refractivity contribution in [1.82, 2.24) is 5.32 Å². The van der Waals surface area contributed by atoms with E-state index in [9.17, 15) is 9.90 Å². The Bertz CT molecular complexity index is 547. The zero-order valence-electron chi connectivity index (χ0n) is 11.8. The topological polar surface area (TPSA) is 93.8 Å². The minimum Gasteiger partial charge on any atom is -0.486 e. The molecule has 1 aliphatic carbocycles. The number of rotatable bonds is 2. The van der Waals surface area contributed by atoms with Crippen molar-refractivity contribution in [1.29, 1.82) is 0 Å². The number of fused-ring (bicyclic) bond motifs is 1. The molecule has 1 amide bonds. The Kier molecular flexibility index (Phi) is 3.88. The van der Waals surface area contributed by atoms with Crippen LogP contribution in [0.4, 0.5) is 5.69 Å². The summed E-state index contributed by atoms with van der Waals surface area (Å²) in [6.45, 7) is 0.849. The van der Waals surface area contributed by atoms with Crippen LogP contribution in [0.1, 0.15) is 36.0 Å². The molecule has 0 radical (unpaired) electrons. The summed E-state index contributed by atoms with van der Waals surface area (Å²) in [7, 11) is 0. The number of benzene rings is 1. The first kappa shape index (κ1) is 14.0. The third-order valence-electron chi connectivity index (χ3n) is 3.96. The second kappa shape index (κ2) is 5.81. The van der Waals surface area contributed by atoms with Gasteiger partial charge in [0, 0.05) is 11.8 Å². The highest BCUT2D eigenvalue weighted by Crippen LogP contribution is 2.36. The van der Waals surface area contributed by atoms with Gasteiger partial charge in [0.2, 0.25) is 0 Å². The summed E-state index contributed by atoms with van der Waals surface area (Å²) in [5.41, 5.74) is 6.63. The molecule has 2 atom stereocenters. The van der Waals surface area contributed by atoms with Gasteiger partial charge >= 0.3 is 0 Å². The van der Waals surface area contributed by atoms with Gasteiger partial charge in [-0.05, 0) is 18.9 Å². The molecule has 21 heavy (non-hydrogen) atoms. The maximum absolute atomic E-state index is 12.5. The molecule has 0 saturated heterocycles. The first-order valence-corrected chi connectivity index (χ1v) is 7.33. The Morgan fingerprint density at radius 2 is 2.00 bits per heavy atom. The van der Waals surface area contributed by atoms with Crippen molar-refractivity contribution in [2.75, 3.05) is 18.9 Å². The molecule has 1 aromatic rings. The van der Waals surface area contributed by atoms with E-state index in [2.05, 4.69) is 5.32 Å². The van der Waals surface area contributed by atoms with Crippen molar-refractivity contribution in [2.45, 2.75) is 37.8 Å². The number of carbonyl (C=O) groups excluding carboxylic acids is 1. The van der Waals surface area contributed by atoms with Gasteiger partial charge in [0.05, 0.1) is 17.7 Å². The molecular formula is C15H20N2O4. The van der Waals surface area contributed by atoms with Crippen LogP contribution in [0.15, 0.2) is 12.1 Å². The first-order chi connectivity index (χ1) is 10.1. The number of hydrogen-bond donors (Lipinski definition) is 3. The predicted molar refractivity (Wildman–Crippen MR) is 77.6 cm³/mol. The SMILES string of the molecule is Nc1cc2c(c(C(=O)N[C@H]3CCCC[C@@H]3O)c1)OCCO2. The summed E-state index contributed by atoms with van der Waals surface area (Å²) >= 11 is 0. The van der Waals surface area contributed by atoms with E-state index in [0.29, 0.717) is 36.0 Å². The van der Waals surface area contributed by atoms with Crippen molar-refractivity contribution in [3.63, 3.8) is 0 Å². The van der Waals surface area contributed by atoms with E-state index in [1.807, 2.05) is 0 Å². The van der Waals surface area contributed by atoms with Gasteiger partial charge in [0.1, 0.15) is 13.2 Å². The number of carbonyl (C=O) groups is 1. The lowest BCUT2D eigenvalue weighted by Gasteiger charge is -2.29. The lowest BCUT2D eigenvalue weighted by Crippen LogP contribution is -2.45. The molecular weight excluding hydrogens is 272 g/mol. The van der Waals surface area contributed by atoms with Crippen LogP contribution in [-0.2, 0) is 0 Å². The Morgan fingerprint density at radius 3 is 2.81 bits per heavy atom. The van der Waals surface area contributed by atoms with Gasteiger partial charge < -0.3 is 25.6 Å². The zero-order chi connectivity index (χ0) is 14.8. The summed E-state index contributed by atoms with van der Waals surface area (Å²) < 4.78 is 11.0. The largest absolute Gasteiger partial charge is 0.486 e. The van der Waals surface area contributed by atoms with Gasteiger partial charge in [-0.2, -0.15) is 0 Å². The summed E-state index contributed by atoms with van der Waals surface area (Å²) in [5.74, 6) is 0.642. The highest BCUT2D eigenvalue weighted by Gasteiger charge is 2.27. The van der Waals surface area contributed by atoms with Crippen molar-refractivity contribution in [2.24, 2.45) is 0 Å². The van der Waals surface area contributed by atoms with Gasteiger partial charge in [-0.15, -0.1) is 0 Å². The third-order valence-corrected chi connectivity index (χ3v) is 3.96. The lowest BCUT2D eigenvalue weighted by molar-refractivity contribution is 0.0711. The normalized spacial score (nSPS) is 24.4. The maximum atomic E-state index is 12.5. The monoisotopic (exact) mass is 292 g/mol. The molecule has 3 rings (SSSR count). The van der Waals surface area contributed by atoms with Crippen LogP contribution in [0, 0.1) is 0 Å². The highest BCUT2D eigenvalue weighted by molar-refractivity contribution is 5.99. The van der Waals surface area contributed by atoms with E-state index >= 15 is 0 Å². The Balaban J connectivity index is 1.82. The molecule has 1 heterocycles. The van der Waals surface area contributed by atoms with Gasteiger partial charge in [0.25, 0.3) is 5.91 Å². The standard InChI is InChI=1S/C15H20N2O4/c16-9-7-10(14-13(8-9)20-5-6-21-14)15(19)17-11-3-1-2-4-12(11)18/h7-8,11-12,18H,1-6,16H2,(H,17,19)/t11-,12-/m0/s1. The van der Waals surface area contributed by atoms with Crippen molar-refractivity contribution >= 4 is 11.6 Å². The van der Waals surface area contributed by atoms with Gasteiger partial charge in [-0.25, -0.2) is 0 Å². The molecule has 1 saturated carbocycles. The van der Waals surface area contributed by atoms with Gasteiger partial charge in [-0.1, -0.05) is 12.8 Å². The van der Waals surface area contributed by atoms with E-state index in [0.717, 1.165) is 25.7 Å². The summed E-state index contributed by atoms with van der Waals surface area (Å²) in [6.07, 6.45) is 3.03. The maximum Gasteiger partial charge on any atom is 0.255 e. The van der Waals surface area contributed by atoms with Crippen molar-refractivity contribution in [3.05, 3.63) is 17.7 Å². The Hall–Kier alpha value is -1.95. The van der Waals surface area contributed by atoms with E-state index in [1.165, 1.54) is 0 Å². The highest BCUT2D eigenvalue weighted by atomic mass is 16.6. The second-order valence-corrected chi connectivity index (χ2v) is 5.52. The van der Waals surface area contributed by atoms with E-state index in [1.54, 1.807) is 12.1 Å². The zero-order valence-corrected chi connectivity index (χ0v) is 11.8. The quantitative estimate of drug-likeness (QED) is 0.709. The number of anilines is 1. The molecule has 0 spiro atoms. The van der Waals surface area contributed by atoms with Gasteiger partial charge in [0.15, 0.2) is 11.5 Å². The molecule has 6 heteroatoms. The van der Waals surface area contributed by atoms with Crippen LogP contribution in [0.2, 0.25) is 0 Å². The number of hydrogen-bond acceptors (Lipinski definition) is 5. The predicted octanol–water partition coefficient (Wildman–Crippen LogP) is 1.07. The molecule has 1 aliphatic heterocycles. The molecule has 1 fully saturated rings. The molecule has 114 valence electrons. The van der Waals surface area contributed by atoms with Crippen LogP contribution < -0.4 is 20.5 Å². The van der Waals surface area contributed by atoms with Gasteiger partial charge in [-0.3, -0.25) is 4.79 Å². The molecule has 0 bridgehead atoms. The number of nitrogens with two attached hydrogens (primary N) is 1. The summed E-state index contributed by atoms with van der Waals surface area (Å²) in [6, 6.07) is 3.02. The van der Waals surface area contributed by atoms with Crippen LogP contribution in [0.3, 0.4) is 0 Å². The number of nitrogen functional groups attached to an aromatic ring is 1. The smallest absolute Gasteiger partial charge is 0.255 e. The van der Waals surface area contributed by atoms with Crippen LogP contribution in [-0.4, -0.2) is 36.4 Å². The summed E-state index contributed by atoms with van der Waals surface area (Å²) in [4.78, 5) is 12.5. The van der Waals surface area contributed by atoms with E-state index < -0.39 is 6.10 Å². The Morgan fingerprint density at radius 1 is 1.24 bits per heavy atom. The van der Waals surface area contributed by atoms with Crippen LogP contribution in [0.25, 0.3) is 0 Å². The Labute approximate surface area is 123 Å². The van der Waals surface area contributed by atoms with E-state index in [4.69, 9.17) is 15.2 Å². The number of amides is 1. The molecule has 6 nitrogen and oxygen atoms in total. The second-order valence-electron chi connectivity index (χ2n) is 5.52.